The Balaban J connectivity index is 1.38. The molecule has 2 heteroatoms. The van der Waals surface area contributed by atoms with Gasteiger partial charge in [0.1, 0.15) is 0 Å². The zero-order valence-electron chi connectivity index (χ0n) is 24.3. The molecule has 0 radical (unpaired) electrons. The van der Waals surface area contributed by atoms with Gasteiger partial charge in [-0.15, -0.1) is 0 Å². The maximum atomic E-state index is 3.54. The summed E-state index contributed by atoms with van der Waals surface area (Å²) >= 11 is 0. The third-order valence-corrected chi connectivity index (χ3v) is 8.46. The summed E-state index contributed by atoms with van der Waals surface area (Å²) in [5.41, 5.74) is 11.4. The molecule has 2 nitrogen and oxygen atoms in total. The standard InChI is InChI=1S/C38H36N2/c1-37(2,3)26-14-19-35-31(22-26)32-23-27(38(4,5)6)15-20-36(32)40(35)28-16-11-24(12-17-28)25-13-18-34-30(21-25)29-9-7-8-10-33(29)39-34/h7-23,39H,1-6H3. The van der Waals surface area contributed by atoms with Crippen molar-refractivity contribution < 1.29 is 0 Å². The van der Waals surface area contributed by atoms with Crippen LogP contribution in [-0.4, -0.2) is 9.55 Å². The first kappa shape index (κ1) is 24.7. The van der Waals surface area contributed by atoms with Gasteiger partial charge in [-0.25, -0.2) is 0 Å². The number of aromatic amines is 1. The average molecular weight is 521 g/mol. The average Bonchev–Trinajstić information content (AvgIpc) is 3.46. The zero-order chi connectivity index (χ0) is 27.8. The number of rotatable bonds is 2. The molecule has 5 aromatic carbocycles. The van der Waals surface area contributed by atoms with Gasteiger partial charge in [-0.3, -0.25) is 0 Å². The molecule has 2 aromatic heterocycles. The lowest BCUT2D eigenvalue weighted by atomic mass is 9.85. The highest BCUT2D eigenvalue weighted by molar-refractivity contribution is 6.10. The Morgan fingerprint density at radius 2 is 1.02 bits per heavy atom. The van der Waals surface area contributed by atoms with Gasteiger partial charge in [-0.1, -0.05) is 90.1 Å². The van der Waals surface area contributed by atoms with E-state index >= 15 is 0 Å². The molecule has 0 saturated heterocycles. The number of para-hydroxylation sites is 1. The van der Waals surface area contributed by atoms with E-state index < -0.39 is 0 Å². The number of hydrogen-bond donors (Lipinski definition) is 1. The van der Waals surface area contributed by atoms with E-state index in [9.17, 15) is 0 Å². The quantitative estimate of drug-likeness (QED) is 0.234. The smallest absolute Gasteiger partial charge is 0.0541 e. The van der Waals surface area contributed by atoms with Crippen LogP contribution in [0.4, 0.5) is 0 Å². The molecule has 1 N–H and O–H groups in total. The van der Waals surface area contributed by atoms with Gasteiger partial charge in [0.2, 0.25) is 0 Å². The van der Waals surface area contributed by atoms with Gasteiger partial charge in [0, 0.05) is 38.3 Å². The van der Waals surface area contributed by atoms with Gasteiger partial charge in [0.25, 0.3) is 0 Å². The number of benzene rings is 5. The van der Waals surface area contributed by atoms with Gasteiger partial charge < -0.3 is 9.55 Å². The third kappa shape index (κ3) is 3.93. The highest BCUT2D eigenvalue weighted by Gasteiger charge is 2.20. The van der Waals surface area contributed by atoms with Crippen molar-refractivity contribution in [3.63, 3.8) is 0 Å². The summed E-state index contributed by atoms with van der Waals surface area (Å²) in [4.78, 5) is 3.54. The molecule has 0 fully saturated rings. The first-order valence-corrected chi connectivity index (χ1v) is 14.3. The molecular weight excluding hydrogens is 484 g/mol. The van der Waals surface area contributed by atoms with E-state index in [1.165, 1.54) is 71.6 Å². The molecule has 0 aliphatic heterocycles. The molecule has 2 heterocycles. The SMILES string of the molecule is CC(C)(C)c1ccc2c(c1)c1cc(C(C)(C)C)ccc1n2-c1ccc(-c2ccc3[nH]c4ccccc4c3c2)cc1. The number of nitrogens with one attached hydrogen (secondary N) is 1. The monoisotopic (exact) mass is 520 g/mol. The summed E-state index contributed by atoms with van der Waals surface area (Å²) in [5.74, 6) is 0. The van der Waals surface area contributed by atoms with Crippen molar-refractivity contribution in [1.82, 2.24) is 9.55 Å². The van der Waals surface area contributed by atoms with Crippen molar-refractivity contribution in [2.45, 2.75) is 52.4 Å². The number of hydrogen-bond acceptors (Lipinski definition) is 0. The normalized spacial score (nSPS) is 12.8. The summed E-state index contributed by atoms with van der Waals surface area (Å²) < 4.78 is 2.43. The summed E-state index contributed by atoms with van der Waals surface area (Å²) in [6.07, 6.45) is 0. The highest BCUT2D eigenvalue weighted by atomic mass is 15.0. The van der Waals surface area contributed by atoms with Gasteiger partial charge >= 0.3 is 0 Å². The topological polar surface area (TPSA) is 20.7 Å². The van der Waals surface area contributed by atoms with Crippen molar-refractivity contribution in [2.75, 3.05) is 0 Å². The lowest BCUT2D eigenvalue weighted by Gasteiger charge is -2.19. The second kappa shape index (κ2) is 8.60. The van der Waals surface area contributed by atoms with Crippen LogP contribution in [0.3, 0.4) is 0 Å². The van der Waals surface area contributed by atoms with E-state index in [2.05, 4.69) is 154 Å². The minimum Gasteiger partial charge on any atom is -0.355 e. The zero-order valence-corrected chi connectivity index (χ0v) is 24.3. The first-order chi connectivity index (χ1) is 19.1. The Labute approximate surface area is 236 Å². The Bertz CT molecular complexity index is 1980. The highest BCUT2D eigenvalue weighted by Crippen LogP contribution is 2.38. The molecule has 198 valence electrons. The predicted octanol–water partition coefficient (Wildman–Crippen LogP) is 10.7. The number of aromatic nitrogens is 2. The number of nitrogens with zero attached hydrogens (tertiary/aromatic N) is 1. The summed E-state index contributed by atoms with van der Waals surface area (Å²) in [5, 5.41) is 5.18. The number of H-pyrrole nitrogens is 1. The van der Waals surface area contributed by atoms with E-state index in [0.29, 0.717) is 0 Å². The van der Waals surface area contributed by atoms with Crippen LogP contribution >= 0.6 is 0 Å². The summed E-state index contributed by atoms with van der Waals surface area (Å²) in [6, 6.07) is 38.3. The maximum absolute atomic E-state index is 3.54. The van der Waals surface area contributed by atoms with Crippen LogP contribution in [0.2, 0.25) is 0 Å². The van der Waals surface area contributed by atoms with Crippen LogP contribution in [0.15, 0.2) is 103 Å². The molecule has 0 atom stereocenters. The number of fused-ring (bicyclic) bond motifs is 6. The lowest BCUT2D eigenvalue weighted by molar-refractivity contribution is 0.590. The van der Waals surface area contributed by atoms with Crippen LogP contribution in [0.25, 0.3) is 60.4 Å². The fourth-order valence-electron chi connectivity index (χ4n) is 6.07. The molecule has 7 rings (SSSR count). The van der Waals surface area contributed by atoms with Gasteiger partial charge in [0.15, 0.2) is 0 Å². The van der Waals surface area contributed by atoms with Crippen molar-refractivity contribution in [2.24, 2.45) is 0 Å². The second-order valence-corrected chi connectivity index (χ2v) is 13.3. The van der Waals surface area contributed by atoms with Crippen molar-refractivity contribution in [3.8, 4) is 16.8 Å². The molecule has 0 aliphatic rings. The van der Waals surface area contributed by atoms with Crippen LogP contribution in [-0.2, 0) is 10.8 Å². The molecule has 40 heavy (non-hydrogen) atoms. The van der Waals surface area contributed by atoms with E-state index in [0.717, 1.165) is 0 Å². The van der Waals surface area contributed by atoms with Crippen molar-refractivity contribution in [1.29, 1.82) is 0 Å². The molecule has 7 aromatic rings. The van der Waals surface area contributed by atoms with Gasteiger partial charge in [-0.05, 0) is 87.7 Å². The molecule has 0 aliphatic carbocycles. The largest absolute Gasteiger partial charge is 0.355 e. The van der Waals surface area contributed by atoms with E-state index in [4.69, 9.17) is 0 Å². The Morgan fingerprint density at radius 3 is 1.62 bits per heavy atom. The van der Waals surface area contributed by atoms with Crippen LogP contribution < -0.4 is 0 Å². The lowest BCUT2D eigenvalue weighted by Crippen LogP contribution is -2.10. The molecule has 0 unspecified atom stereocenters. The molecule has 0 saturated carbocycles. The molecule has 0 spiro atoms. The van der Waals surface area contributed by atoms with E-state index in [1.54, 1.807) is 0 Å². The van der Waals surface area contributed by atoms with Crippen molar-refractivity contribution in [3.05, 3.63) is 114 Å². The van der Waals surface area contributed by atoms with Crippen LogP contribution in [0, 0.1) is 0 Å². The Kier molecular flexibility index (Phi) is 5.31. The van der Waals surface area contributed by atoms with Crippen molar-refractivity contribution >= 4 is 43.6 Å². The van der Waals surface area contributed by atoms with Crippen LogP contribution in [0.1, 0.15) is 52.7 Å². The Hall–Kier alpha value is -4.30. The minimum absolute atomic E-state index is 0.0950. The minimum atomic E-state index is 0.0950. The molecule has 0 amide bonds. The maximum Gasteiger partial charge on any atom is 0.0541 e. The fraction of sp³-hybridized carbons (Fsp3) is 0.211. The summed E-state index contributed by atoms with van der Waals surface area (Å²) in [7, 11) is 0. The second-order valence-electron chi connectivity index (χ2n) is 13.3. The van der Waals surface area contributed by atoms with Gasteiger partial charge in [0.05, 0.1) is 11.0 Å². The molecule has 0 bridgehead atoms. The molecular formula is C38H36N2. The predicted molar refractivity (Wildman–Crippen MR) is 173 cm³/mol. The fourth-order valence-corrected chi connectivity index (χ4v) is 6.07. The van der Waals surface area contributed by atoms with E-state index in [1.807, 2.05) is 0 Å². The van der Waals surface area contributed by atoms with Crippen LogP contribution in [0.5, 0.6) is 0 Å². The first-order valence-electron chi connectivity index (χ1n) is 14.3. The van der Waals surface area contributed by atoms with E-state index in [-0.39, 0.29) is 10.8 Å². The third-order valence-electron chi connectivity index (χ3n) is 8.46. The summed E-state index contributed by atoms with van der Waals surface area (Å²) in [6.45, 7) is 13.8. The Morgan fingerprint density at radius 1 is 0.475 bits per heavy atom. The van der Waals surface area contributed by atoms with Gasteiger partial charge in [-0.2, -0.15) is 0 Å².